The van der Waals surface area contributed by atoms with E-state index in [4.69, 9.17) is 10.2 Å². The normalized spacial score (nSPS) is 11.3. The van der Waals surface area contributed by atoms with E-state index in [-0.39, 0.29) is 33.0 Å². The minimum absolute atomic E-state index is 0.0393. The van der Waals surface area contributed by atoms with Gasteiger partial charge in [-0.3, -0.25) is 0 Å². The highest BCUT2D eigenvalue weighted by Gasteiger charge is 2.21. The maximum atomic E-state index is 12.7. The molecule has 0 saturated heterocycles. The monoisotopic (exact) mass is 595 g/mol. The Morgan fingerprint density at radius 2 is 1.02 bits per heavy atom. The maximum absolute atomic E-state index is 12.7. The van der Waals surface area contributed by atoms with Gasteiger partial charge in [0, 0.05) is 11.7 Å². The zero-order valence-corrected chi connectivity index (χ0v) is 28.5. The molecule has 0 fully saturated rings. The summed E-state index contributed by atoms with van der Waals surface area (Å²) in [6, 6.07) is 16.7. The van der Waals surface area contributed by atoms with Crippen molar-refractivity contribution in [3.8, 4) is 0 Å². The van der Waals surface area contributed by atoms with Crippen molar-refractivity contribution in [3.63, 3.8) is 0 Å². The molecule has 3 aromatic rings. The summed E-state index contributed by atoms with van der Waals surface area (Å²) in [5.74, 6) is 0.378. The summed E-state index contributed by atoms with van der Waals surface area (Å²) in [5, 5.41) is 0.0393. The van der Waals surface area contributed by atoms with Gasteiger partial charge in [0.1, 0.15) is 17.4 Å². The predicted molar refractivity (Wildman–Crippen MR) is 171 cm³/mol. The largest absolute Gasteiger partial charge is 0.449 e. The number of nitrogens with two attached hydrogens (primary N) is 1. The molecule has 7 heteroatoms. The fraction of sp³-hybridized carbons (Fsp3) is 0.529. The average molecular weight is 596 g/mol. The standard InChI is InChI=1S/2C10H13F.C9H14O3S.C3H8.C2H7N/c2*1-10(2,3)8-5-4-6-9(11)7-8;1-9(2,3)7-5-6-8(12-7)13(4,10)11;1-3-2;1-2-3/h2*4-7H,1-3H3;5-6H,1-4H3;3H2,1-2H3;2-3H2,1H3. The van der Waals surface area contributed by atoms with E-state index in [1.807, 2.05) is 39.8 Å². The Labute approximate surface area is 249 Å². The van der Waals surface area contributed by atoms with Gasteiger partial charge in [0.05, 0.1) is 0 Å². The van der Waals surface area contributed by atoms with Gasteiger partial charge in [0.2, 0.25) is 14.9 Å². The Morgan fingerprint density at radius 3 is 1.20 bits per heavy atom. The van der Waals surface area contributed by atoms with E-state index >= 15 is 0 Å². The molecule has 2 aromatic carbocycles. The van der Waals surface area contributed by atoms with Gasteiger partial charge < -0.3 is 10.2 Å². The van der Waals surface area contributed by atoms with Crippen LogP contribution < -0.4 is 5.73 Å². The first kappa shape index (κ1) is 40.6. The molecular weight excluding hydrogens is 540 g/mol. The number of benzene rings is 2. The molecule has 0 saturated carbocycles. The van der Waals surface area contributed by atoms with E-state index in [1.54, 1.807) is 30.3 Å². The summed E-state index contributed by atoms with van der Waals surface area (Å²) >= 11 is 0. The number of hydrogen-bond acceptors (Lipinski definition) is 4. The Balaban J connectivity index is 0. The molecule has 0 aliphatic rings. The van der Waals surface area contributed by atoms with Crippen LogP contribution >= 0.6 is 0 Å². The second-order valence-electron chi connectivity index (χ2n) is 12.8. The van der Waals surface area contributed by atoms with Crippen LogP contribution in [0.25, 0.3) is 0 Å². The summed E-state index contributed by atoms with van der Waals surface area (Å²) in [6.45, 7) is 25.2. The van der Waals surface area contributed by atoms with E-state index in [2.05, 4.69) is 55.4 Å². The van der Waals surface area contributed by atoms with Gasteiger partial charge in [-0.2, -0.15) is 0 Å². The highest BCUT2D eigenvalue weighted by molar-refractivity contribution is 7.90. The van der Waals surface area contributed by atoms with E-state index in [9.17, 15) is 17.2 Å². The van der Waals surface area contributed by atoms with Crippen molar-refractivity contribution in [2.45, 2.75) is 111 Å². The van der Waals surface area contributed by atoms with Crippen LogP contribution in [0.2, 0.25) is 0 Å². The molecule has 0 bridgehead atoms. The van der Waals surface area contributed by atoms with Gasteiger partial charge in [-0.15, -0.1) is 0 Å². The van der Waals surface area contributed by atoms with Gasteiger partial charge >= 0.3 is 0 Å². The summed E-state index contributed by atoms with van der Waals surface area (Å²) in [7, 11) is -3.21. The van der Waals surface area contributed by atoms with Crippen LogP contribution in [0.15, 0.2) is 70.2 Å². The van der Waals surface area contributed by atoms with Crippen molar-refractivity contribution in [3.05, 3.63) is 89.2 Å². The van der Waals surface area contributed by atoms with Crippen LogP contribution in [0.1, 0.15) is 106 Å². The van der Waals surface area contributed by atoms with E-state index in [0.29, 0.717) is 5.76 Å². The fourth-order valence-electron chi connectivity index (χ4n) is 2.83. The molecule has 41 heavy (non-hydrogen) atoms. The van der Waals surface area contributed by atoms with Gasteiger partial charge in [-0.25, -0.2) is 17.2 Å². The first-order chi connectivity index (χ1) is 18.5. The molecule has 1 aromatic heterocycles. The Kier molecular flexibility index (Phi) is 18.0. The Bertz CT molecular complexity index is 1170. The van der Waals surface area contributed by atoms with Crippen LogP contribution in [-0.2, 0) is 26.1 Å². The molecule has 0 atom stereocenters. The van der Waals surface area contributed by atoms with Crippen LogP contribution in [0.4, 0.5) is 8.78 Å². The topological polar surface area (TPSA) is 73.3 Å². The molecule has 0 amide bonds. The van der Waals surface area contributed by atoms with E-state index < -0.39 is 9.84 Å². The summed E-state index contributed by atoms with van der Waals surface area (Å²) in [4.78, 5) is 0. The Morgan fingerprint density at radius 1 is 0.683 bits per heavy atom. The highest BCUT2D eigenvalue weighted by Crippen LogP contribution is 2.26. The quantitative estimate of drug-likeness (QED) is 0.304. The van der Waals surface area contributed by atoms with Gasteiger partial charge in [0.25, 0.3) is 0 Å². The number of furan rings is 1. The molecule has 0 aliphatic carbocycles. The number of hydrogen-bond donors (Lipinski definition) is 1. The fourth-order valence-corrected chi connectivity index (χ4v) is 3.39. The Hall–Kier alpha value is -2.51. The lowest BCUT2D eigenvalue weighted by Gasteiger charge is -2.18. The lowest BCUT2D eigenvalue weighted by atomic mass is 9.87. The van der Waals surface area contributed by atoms with Crippen molar-refractivity contribution < 1.29 is 21.6 Å². The van der Waals surface area contributed by atoms with E-state index in [1.165, 1.54) is 24.6 Å². The van der Waals surface area contributed by atoms with Gasteiger partial charge in [0.15, 0.2) is 0 Å². The van der Waals surface area contributed by atoms with Crippen molar-refractivity contribution in [2.75, 3.05) is 12.8 Å². The van der Waals surface area contributed by atoms with Crippen LogP contribution in [-0.4, -0.2) is 21.2 Å². The second kappa shape index (κ2) is 18.1. The van der Waals surface area contributed by atoms with Gasteiger partial charge in [-0.05, 0) is 64.9 Å². The minimum atomic E-state index is -3.21. The maximum Gasteiger partial charge on any atom is 0.217 e. The lowest BCUT2D eigenvalue weighted by molar-refractivity contribution is 0.355. The smallest absolute Gasteiger partial charge is 0.217 e. The first-order valence-corrected chi connectivity index (χ1v) is 16.0. The molecule has 0 radical (unpaired) electrons. The van der Waals surface area contributed by atoms with Gasteiger partial charge in [-0.1, -0.05) is 114 Å². The third kappa shape index (κ3) is 18.5. The molecule has 2 N–H and O–H groups in total. The van der Waals surface area contributed by atoms with Crippen LogP contribution in [0.5, 0.6) is 0 Å². The average Bonchev–Trinajstić information content (AvgIpc) is 3.32. The summed E-state index contributed by atoms with van der Waals surface area (Å²) in [5.41, 5.74) is 6.86. The van der Waals surface area contributed by atoms with Crippen LogP contribution in [0.3, 0.4) is 0 Å². The first-order valence-electron chi connectivity index (χ1n) is 14.1. The lowest BCUT2D eigenvalue weighted by Crippen LogP contribution is -2.10. The third-order valence-electron chi connectivity index (χ3n) is 5.07. The molecule has 234 valence electrons. The highest BCUT2D eigenvalue weighted by atomic mass is 32.2. The molecule has 0 aliphatic heterocycles. The molecule has 0 spiro atoms. The molecule has 1 heterocycles. The number of rotatable bonds is 1. The van der Waals surface area contributed by atoms with Crippen molar-refractivity contribution in [2.24, 2.45) is 5.73 Å². The van der Waals surface area contributed by atoms with E-state index in [0.717, 1.165) is 23.9 Å². The van der Waals surface area contributed by atoms with Crippen molar-refractivity contribution in [1.82, 2.24) is 0 Å². The minimum Gasteiger partial charge on any atom is -0.449 e. The zero-order chi connectivity index (χ0) is 32.7. The summed E-state index contributed by atoms with van der Waals surface area (Å²) in [6.07, 6.45) is 2.39. The van der Waals surface area contributed by atoms with Crippen molar-refractivity contribution in [1.29, 1.82) is 0 Å². The molecule has 4 nitrogen and oxygen atoms in total. The zero-order valence-electron chi connectivity index (χ0n) is 27.7. The molecule has 3 rings (SSSR count). The predicted octanol–water partition coefficient (Wildman–Crippen LogP) is 9.61. The van der Waals surface area contributed by atoms with Crippen molar-refractivity contribution >= 4 is 9.84 Å². The SMILES string of the molecule is CC(C)(C)c1ccc(S(C)(=O)=O)o1.CC(C)(C)c1cccc(F)c1.CC(C)(C)c1cccc(F)c1.CCC.CCN. The molecule has 0 unspecified atom stereocenters. The molecular formula is C34H55F2NO3S. The number of sulfone groups is 1. The third-order valence-corrected chi connectivity index (χ3v) is 6.02. The summed E-state index contributed by atoms with van der Waals surface area (Å²) < 4.78 is 52.8. The second-order valence-corrected chi connectivity index (χ2v) is 14.7. The van der Waals surface area contributed by atoms with Crippen LogP contribution in [0, 0.1) is 11.6 Å². The number of halogens is 2.